The van der Waals surface area contributed by atoms with Crippen molar-refractivity contribution in [3.8, 4) is 5.75 Å². The molecule has 0 aliphatic carbocycles. The SMILES string of the molecule is CCO[C@@H]1C[C@H]2CCC(c3ccc(C(=O)O)cn3)(C1)N2Cc1c(OC)cc(C)c2[nH]ccc12. The number of pyridine rings is 1. The van der Waals surface area contributed by atoms with Crippen LogP contribution in [0.5, 0.6) is 5.75 Å². The Bertz CT molecular complexity index is 1170. The summed E-state index contributed by atoms with van der Waals surface area (Å²) in [6.45, 7) is 5.57. The van der Waals surface area contributed by atoms with Crippen LogP contribution < -0.4 is 4.74 Å². The Morgan fingerprint density at radius 3 is 2.91 bits per heavy atom. The third kappa shape index (κ3) is 3.60. The van der Waals surface area contributed by atoms with E-state index in [1.807, 2.05) is 19.2 Å². The van der Waals surface area contributed by atoms with E-state index >= 15 is 0 Å². The van der Waals surface area contributed by atoms with E-state index in [1.54, 1.807) is 13.2 Å². The third-order valence-corrected chi connectivity index (χ3v) is 7.53. The van der Waals surface area contributed by atoms with Crippen LogP contribution in [0.4, 0.5) is 0 Å². The third-order valence-electron chi connectivity index (χ3n) is 7.53. The normalized spacial score (nSPS) is 24.9. The number of H-pyrrole nitrogens is 1. The second kappa shape index (κ2) is 8.47. The molecule has 174 valence electrons. The zero-order chi connectivity index (χ0) is 23.2. The van der Waals surface area contributed by atoms with Gasteiger partial charge >= 0.3 is 5.97 Å². The van der Waals surface area contributed by atoms with E-state index in [0.717, 1.165) is 54.8 Å². The number of aromatic nitrogens is 2. The van der Waals surface area contributed by atoms with Gasteiger partial charge in [-0.05, 0) is 69.4 Å². The maximum Gasteiger partial charge on any atom is 0.337 e. The van der Waals surface area contributed by atoms with E-state index in [4.69, 9.17) is 9.47 Å². The number of nitrogens with one attached hydrogen (secondary N) is 1. The van der Waals surface area contributed by atoms with Crippen molar-refractivity contribution in [1.29, 1.82) is 0 Å². The topological polar surface area (TPSA) is 87.7 Å². The minimum Gasteiger partial charge on any atom is -0.496 e. The van der Waals surface area contributed by atoms with E-state index in [2.05, 4.69) is 33.9 Å². The van der Waals surface area contributed by atoms with Crippen LogP contribution in [-0.2, 0) is 16.8 Å². The number of carboxylic acid groups (broad SMARTS) is 1. The molecule has 1 aromatic carbocycles. The number of ether oxygens (including phenoxy) is 2. The fourth-order valence-corrected chi connectivity index (χ4v) is 6.05. The Labute approximate surface area is 193 Å². The standard InChI is InChI=1S/C26H31N3O4/c1-4-33-19-12-18-7-9-26(13-19,23-6-5-17(14-28-23)25(30)31)29(18)15-21-20-8-10-27-24(20)16(2)11-22(21)32-3/h5-6,8,10-11,14,18-19,27H,4,7,9,12-13,15H2,1-3H3,(H,30,31)/t18-,19-,26?/m1/s1. The molecule has 2 aliphatic heterocycles. The van der Waals surface area contributed by atoms with Gasteiger partial charge in [0.1, 0.15) is 5.75 Å². The number of aryl methyl sites for hydroxylation is 1. The molecule has 2 aromatic heterocycles. The predicted molar refractivity (Wildman–Crippen MR) is 126 cm³/mol. The lowest BCUT2D eigenvalue weighted by Gasteiger charge is -2.47. The van der Waals surface area contributed by atoms with Crippen LogP contribution in [0.1, 0.15) is 59.8 Å². The Hall–Kier alpha value is -2.90. The summed E-state index contributed by atoms with van der Waals surface area (Å²) in [6, 6.07) is 8.17. The molecule has 2 aliphatic rings. The van der Waals surface area contributed by atoms with E-state index in [1.165, 1.54) is 17.1 Å². The number of methoxy groups -OCH3 is 1. The number of hydrogen-bond acceptors (Lipinski definition) is 5. The first-order chi connectivity index (χ1) is 16.0. The number of aromatic carboxylic acids is 1. The van der Waals surface area contributed by atoms with Crippen molar-refractivity contribution in [2.24, 2.45) is 0 Å². The highest BCUT2D eigenvalue weighted by molar-refractivity contribution is 5.88. The number of piperidine rings is 1. The van der Waals surface area contributed by atoms with Crippen molar-refractivity contribution in [1.82, 2.24) is 14.9 Å². The average Bonchev–Trinajstić information content (AvgIpc) is 3.38. The van der Waals surface area contributed by atoms with Crippen molar-refractivity contribution in [2.75, 3.05) is 13.7 Å². The van der Waals surface area contributed by atoms with Gasteiger partial charge in [0.15, 0.2) is 0 Å². The number of fused-ring (bicyclic) bond motifs is 3. The van der Waals surface area contributed by atoms with Crippen LogP contribution in [0, 0.1) is 6.92 Å². The van der Waals surface area contributed by atoms with Gasteiger partial charge in [0, 0.05) is 48.1 Å². The second-order valence-corrected chi connectivity index (χ2v) is 9.25. The van der Waals surface area contributed by atoms with Gasteiger partial charge in [0.05, 0.1) is 30.0 Å². The molecule has 0 saturated carbocycles. The quantitative estimate of drug-likeness (QED) is 0.547. The van der Waals surface area contributed by atoms with Gasteiger partial charge in [-0.1, -0.05) is 0 Å². The second-order valence-electron chi connectivity index (χ2n) is 9.25. The summed E-state index contributed by atoms with van der Waals surface area (Å²) in [4.78, 5) is 22.0. The lowest BCUT2D eigenvalue weighted by molar-refractivity contribution is -0.0608. The van der Waals surface area contributed by atoms with E-state index in [9.17, 15) is 9.90 Å². The molecule has 2 N–H and O–H groups in total. The van der Waals surface area contributed by atoms with E-state index < -0.39 is 5.97 Å². The Kier molecular flexibility index (Phi) is 5.62. The maximum absolute atomic E-state index is 11.4. The molecule has 2 fully saturated rings. The van der Waals surface area contributed by atoms with Crippen LogP contribution in [0.2, 0.25) is 0 Å². The highest BCUT2D eigenvalue weighted by atomic mass is 16.5. The number of rotatable bonds is 7. The maximum atomic E-state index is 11.4. The Morgan fingerprint density at radius 1 is 1.36 bits per heavy atom. The van der Waals surface area contributed by atoms with Crippen LogP contribution in [0.25, 0.3) is 10.9 Å². The fraction of sp³-hybridized carbons (Fsp3) is 0.462. The van der Waals surface area contributed by atoms with E-state index in [0.29, 0.717) is 12.6 Å². The van der Waals surface area contributed by atoms with Crippen molar-refractivity contribution in [3.63, 3.8) is 0 Å². The first-order valence-corrected chi connectivity index (χ1v) is 11.7. The lowest BCUT2D eigenvalue weighted by Crippen LogP contribution is -2.52. The summed E-state index contributed by atoms with van der Waals surface area (Å²) in [6.07, 6.45) is 7.53. The number of nitrogens with zero attached hydrogens (tertiary/aromatic N) is 2. The smallest absolute Gasteiger partial charge is 0.337 e. The van der Waals surface area contributed by atoms with Gasteiger partial charge < -0.3 is 19.6 Å². The largest absolute Gasteiger partial charge is 0.496 e. The van der Waals surface area contributed by atoms with Crippen LogP contribution in [-0.4, -0.2) is 51.8 Å². The fourth-order valence-electron chi connectivity index (χ4n) is 6.05. The van der Waals surface area contributed by atoms with E-state index in [-0.39, 0.29) is 17.2 Å². The summed E-state index contributed by atoms with van der Waals surface area (Å²) in [5.74, 6) is -0.0574. The predicted octanol–water partition coefficient (Wildman–Crippen LogP) is 4.64. The number of carbonyl (C=O) groups is 1. The monoisotopic (exact) mass is 449 g/mol. The number of aromatic amines is 1. The lowest BCUT2D eigenvalue weighted by atomic mass is 9.82. The number of hydrogen-bond donors (Lipinski definition) is 2. The van der Waals surface area contributed by atoms with Gasteiger partial charge in [0.2, 0.25) is 0 Å². The molecular formula is C26H31N3O4. The Morgan fingerprint density at radius 2 is 2.21 bits per heavy atom. The first kappa shape index (κ1) is 21.9. The minimum atomic E-state index is -0.956. The summed E-state index contributed by atoms with van der Waals surface area (Å²) in [7, 11) is 1.73. The highest BCUT2D eigenvalue weighted by Crippen LogP contribution is 2.52. The van der Waals surface area contributed by atoms with Gasteiger partial charge in [-0.3, -0.25) is 9.88 Å². The zero-order valence-corrected chi connectivity index (χ0v) is 19.4. The summed E-state index contributed by atoms with van der Waals surface area (Å²) < 4.78 is 11.9. The summed E-state index contributed by atoms with van der Waals surface area (Å²) >= 11 is 0. The molecule has 2 saturated heterocycles. The first-order valence-electron chi connectivity index (χ1n) is 11.7. The molecule has 0 amide bonds. The van der Waals surface area contributed by atoms with Crippen molar-refractivity contribution in [2.45, 2.75) is 63.8 Å². The summed E-state index contributed by atoms with van der Waals surface area (Å²) in [5, 5.41) is 10.5. The Balaban J connectivity index is 1.59. The van der Waals surface area contributed by atoms with Crippen molar-refractivity contribution >= 4 is 16.9 Å². The molecular weight excluding hydrogens is 418 g/mol. The molecule has 2 bridgehead atoms. The van der Waals surface area contributed by atoms with Gasteiger partial charge in [0.25, 0.3) is 0 Å². The number of carboxylic acids is 1. The molecule has 3 aromatic rings. The molecule has 5 rings (SSSR count). The van der Waals surface area contributed by atoms with Gasteiger partial charge in [-0.2, -0.15) is 0 Å². The van der Waals surface area contributed by atoms with Crippen LogP contribution in [0.3, 0.4) is 0 Å². The van der Waals surface area contributed by atoms with Gasteiger partial charge in [-0.25, -0.2) is 4.79 Å². The molecule has 3 atom stereocenters. The molecule has 1 unspecified atom stereocenters. The number of benzene rings is 1. The van der Waals surface area contributed by atoms with Crippen LogP contribution in [0.15, 0.2) is 36.7 Å². The zero-order valence-electron chi connectivity index (χ0n) is 19.4. The van der Waals surface area contributed by atoms with Crippen LogP contribution >= 0.6 is 0 Å². The summed E-state index contributed by atoms with van der Waals surface area (Å²) in [5.41, 5.74) is 4.32. The molecule has 4 heterocycles. The van der Waals surface area contributed by atoms with Crippen molar-refractivity contribution in [3.05, 3.63) is 59.0 Å². The van der Waals surface area contributed by atoms with Gasteiger partial charge in [-0.15, -0.1) is 0 Å². The molecule has 0 radical (unpaired) electrons. The van der Waals surface area contributed by atoms with Crippen molar-refractivity contribution < 1.29 is 19.4 Å². The molecule has 7 heteroatoms. The average molecular weight is 450 g/mol. The molecule has 33 heavy (non-hydrogen) atoms. The minimum absolute atomic E-state index is 0.173. The highest BCUT2D eigenvalue weighted by Gasteiger charge is 2.53. The molecule has 7 nitrogen and oxygen atoms in total. The molecule has 0 spiro atoms.